The number of amidine groups is 1. The molecule has 1 unspecified atom stereocenters. The van der Waals surface area contributed by atoms with Gasteiger partial charge in [0, 0.05) is 38.1 Å². The molecule has 6 nitrogen and oxygen atoms in total. The molecule has 6 heteroatoms. The summed E-state index contributed by atoms with van der Waals surface area (Å²) in [4.78, 5) is 13.4. The molecule has 2 aliphatic rings. The number of nitrogens with zero attached hydrogens (tertiary/aromatic N) is 4. The number of aromatic nitrogens is 2. The van der Waals surface area contributed by atoms with Crippen molar-refractivity contribution < 1.29 is 0 Å². The van der Waals surface area contributed by atoms with Gasteiger partial charge in [-0.1, -0.05) is 0 Å². The van der Waals surface area contributed by atoms with Gasteiger partial charge < -0.3 is 10.6 Å². The van der Waals surface area contributed by atoms with Crippen LogP contribution in [0.15, 0.2) is 12.4 Å². The highest BCUT2D eigenvalue weighted by molar-refractivity contribution is 5.97. The van der Waals surface area contributed by atoms with Crippen LogP contribution in [0, 0.1) is 5.41 Å². The SMILES string of the molecule is N=C(N)c1nccnc1N1CCCN2CCCC2C1. The van der Waals surface area contributed by atoms with Crippen LogP contribution in [-0.2, 0) is 0 Å². The van der Waals surface area contributed by atoms with E-state index in [1.165, 1.54) is 19.4 Å². The lowest BCUT2D eigenvalue weighted by atomic mass is 10.2. The maximum atomic E-state index is 7.63. The smallest absolute Gasteiger partial charge is 0.158 e. The van der Waals surface area contributed by atoms with Crippen LogP contribution in [0.4, 0.5) is 5.82 Å². The van der Waals surface area contributed by atoms with Crippen LogP contribution in [-0.4, -0.2) is 52.9 Å². The summed E-state index contributed by atoms with van der Waals surface area (Å²) >= 11 is 0. The Kier molecular flexibility index (Phi) is 3.33. The molecule has 2 saturated heterocycles. The van der Waals surface area contributed by atoms with Gasteiger partial charge in [-0.15, -0.1) is 0 Å². The van der Waals surface area contributed by atoms with Crippen molar-refractivity contribution in [3.05, 3.63) is 18.1 Å². The average Bonchev–Trinajstić information content (AvgIpc) is 2.76. The van der Waals surface area contributed by atoms with Crippen molar-refractivity contribution in [2.75, 3.05) is 31.1 Å². The third-order valence-corrected chi connectivity index (χ3v) is 4.04. The number of nitrogen functional groups attached to an aromatic ring is 1. The molecule has 0 aromatic carbocycles. The Bertz CT molecular complexity index is 474. The Hall–Kier alpha value is -1.69. The third-order valence-electron chi connectivity index (χ3n) is 4.04. The van der Waals surface area contributed by atoms with Crippen molar-refractivity contribution in [3.8, 4) is 0 Å². The molecule has 0 amide bonds. The third kappa shape index (κ3) is 2.40. The van der Waals surface area contributed by atoms with Gasteiger partial charge in [-0.25, -0.2) is 9.97 Å². The highest BCUT2D eigenvalue weighted by atomic mass is 15.3. The first-order valence-electron chi connectivity index (χ1n) is 6.90. The molecule has 3 rings (SSSR count). The van der Waals surface area contributed by atoms with Crippen molar-refractivity contribution >= 4 is 11.7 Å². The van der Waals surface area contributed by atoms with E-state index in [1.54, 1.807) is 12.4 Å². The van der Waals surface area contributed by atoms with Gasteiger partial charge in [0.25, 0.3) is 0 Å². The quantitative estimate of drug-likeness (QED) is 0.595. The molecular weight excluding hydrogens is 240 g/mol. The molecule has 3 N–H and O–H groups in total. The summed E-state index contributed by atoms with van der Waals surface area (Å²) in [6.45, 7) is 4.32. The lowest BCUT2D eigenvalue weighted by Gasteiger charge is -2.27. The van der Waals surface area contributed by atoms with E-state index < -0.39 is 0 Å². The predicted molar refractivity (Wildman–Crippen MR) is 74.5 cm³/mol. The Morgan fingerprint density at radius 3 is 2.84 bits per heavy atom. The van der Waals surface area contributed by atoms with Gasteiger partial charge in [0.1, 0.15) is 11.5 Å². The number of nitrogens with two attached hydrogens (primary N) is 1. The van der Waals surface area contributed by atoms with Crippen LogP contribution in [0.1, 0.15) is 25.0 Å². The van der Waals surface area contributed by atoms with Crippen LogP contribution >= 0.6 is 0 Å². The molecular formula is C13H20N6. The number of rotatable bonds is 2. The Balaban J connectivity index is 1.87. The first-order chi connectivity index (χ1) is 9.25. The number of fused-ring (bicyclic) bond motifs is 1. The number of nitrogens with one attached hydrogen (secondary N) is 1. The van der Waals surface area contributed by atoms with Crippen molar-refractivity contribution in [2.45, 2.75) is 25.3 Å². The van der Waals surface area contributed by atoms with Gasteiger partial charge in [-0.3, -0.25) is 10.3 Å². The van der Waals surface area contributed by atoms with Gasteiger partial charge >= 0.3 is 0 Å². The minimum atomic E-state index is -0.00405. The zero-order chi connectivity index (χ0) is 13.2. The lowest BCUT2D eigenvalue weighted by molar-refractivity contribution is 0.273. The molecule has 19 heavy (non-hydrogen) atoms. The van der Waals surface area contributed by atoms with Crippen LogP contribution in [0.2, 0.25) is 0 Å². The predicted octanol–water partition coefficient (Wildman–Crippen LogP) is 0.435. The Morgan fingerprint density at radius 2 is 2.00 bits per heavy atom. The monoisotopic (exact) mass is 260 g/mol. The van der Waals surface area contributed by atoms with Crippen LogP contribution in [0.3, 0.4) is 0 Å². The standard InChI is InChI=1S/C13H20N6/c14-12(15)11-13(17-5-4-16-11)19-8-2-7-18-6-1-3-10(18)9-19/h4-5,10H,1-3,6-9H2,(H3,14,15). The van der Waals surface area contributed by atoms with Crippen molar-refractivity contribution in [1.82, 2.24) is 14.9 Å². The molecule has 3 heterocycles. The van der Waals surface area contributed by atoms with Crippen LogP contribution < -0.4 is 10.6 Å². The molecule has 0 spiro atoms. The second-order valence-electron chi connectivity index (χ2n) is 5.27. The minimum absolute atomic E-state index is 0.00405. The number of hydrogen-bond acceptors (Lipinski definition) is 5. The number of anilines is 1. The molecule has 0 aliphatic carbocycles. The molecule has 1 aromatic rings. The van der Waals surface area contributed by atoms with Gasteiger partial charge in [0.2, 0.25) is 0 Å². The molecule has 0 bridgehead atoms. The number of hydrogen-bond donors (Lipinski definition) is 2. The van der Waals surface area contributed by atoms with Gasteiger partial charge in [-0.2, -0.15) is 0 Å². The van der Waals surface area contributed by atoms with Crippen molar-refractivity contribution in [3.63, 3.8) is 0 Å². The van der Waals surface area contributed by atoms with E-state index >= 15 is 0 Å². The molecule has 102 valence electrons. The van der Waals surface area contributed by atoms with E-state index in [2.05, 4.69) is 19.8 Å². The summed E-state index contributed by atoms with van der Waals surface area (Å²) in [6, 6.07) is 0.615. The second kappa shape index (κ2) is 5.13. The van der Waals surface area contributed by atoms with E-state index in [-0.39, 0.29) is 5.84 Å². The minimum Gasteiger partial charge on any atom is -0.382 e. The molecule has 0 saturated carbocycles. The summed E-state index contributed by atoms with van der Waals surface area (Å²) in [5, 5.41) is 7.63. The summed E-state index contributed by atoms with van der Waals surface area (Å²) in [7, 11) is 0. The maximum Gasteiger partial charge on any atom is 0.158 e. The van der Waals surface area contributed by atoms with Gasteiger partial charge in [0.15, 0.2) is 5.82 Å². The van der Waals surface area contributed by atoms with Gasteiger partial charge in [0.05, 0.1) is 0 Å². The summed E-state index contributed by atoms with van der Waals surface area (Å²) in [6.07, 6.45) is 6.95. The van der Waals surface area contributed by atoms with Crippen molar-refractivity contribution in [1.29, 1.82) is 5.41 Å². The molecule has 0 radical (unpaired) electrons. The van der Waals surface area contributed by atoms with E-state index in [0.29, 0.717) is 11.7 Å². The molecule has 2 fully saturated rings. The molecule has 1 atom stereocenters. The fourth-order valence-corrected chi connectivity index (χ4v) is 3.15. The highest BCUT2D eigenvalue weighted by Crippen LogP contribution is 2.24. The lowest BCUT2D eigenvalue weighted by Crippen LogP contribution is -2.38. The Labute approximate surface area is 113 Å². The van der Waals surface area contributed by atoms with Crippen molar-refractivity contribution in [2.24, 2.45) is 5.73 Å². The van der Waals surface area contributed by atoms with Crippen LogP contribution in [0.25, 0.3) is 0 Å². The first kappa shape index (κ1) is 12.3. The normalized spacial score (nSPS) is 24.0. The second-order valence-corrected chi connectivity index (χ2v) is 5.27. The van der Waals surface area contributed by atoms with E-state index in [4.69, 9.17) is 11.1 Å². The van der Waals surface area contributed by atoms with E-state index in [1.807, 2.05) is 0 Å². The fourth-order valence-electron chi connectivity index (χ4n) is 3.15. The molecule has 1 aromatic heterocycles. The Morgan fingerprint density at radius 1 is 1.21 bits per heavy atom. The summed E-state index contributed by atoms with van der Waals surface area (Å²) in [5.41, 5.74) is 6.12. The fraction of sp³-hybridized carbons (Fsp3) is 0.615. The average molecular weight is 260 g/mol. The first-order valence-corrected chi connectivity index (χ1v) is 6.90. The van der Waals surface area contributed by atoms with E-state index in [9.17, 15) is 0 Å². The van der Waals surface area contributed by atoms with Crippen LogP contribution in [0.5, 0.6) is 0 Å². The maximum absolute atomic E-state index is 7.63. The zero-order valence-electron chi connectivity index (χ0n) is 11.0. The molecule has 2 aliphatic heterocycles. The topological polar surface area (TPSA) is 82.1 Å². The summed E-state index contributed by atoms with van der Waals surface area (Å²) < 4.78 is 0. The van der Waals surface area contributed by atoms with E-state index in [0.717, 1.165) is 31.9 Å². The van der Waals surface area contributed by atoms with Gasteiger partial charge in [-0.05, 0) is 25.8 Å². The highest BCUT2D eigenvalue weighted by Gasteiger charge is 2.30. The summed E-state index contributed by atoms with van der Waals surface area (Å²) in [5.74, 6) is 0.763. The zero-order valence-corrected chi connectivity index (χ0v) is 11.0. The largest absolute Gasteiger partial charge is 0.382 e.